The van der Waals surface area contributed by atoms with E-state index in [0.29, 0.717) is 0 Å². The van der Waals surface area contributed by atoms with E-state index in [9.17, 15) is 15.0 Å². The van der Waals surface area contributed by atoms with Gasteiger partial charge in [0, 0.05) is 12.5 Å². The van der Waals surface area contributed by atoms with Crippen LogP contribution in [0.15, 0.2) is 6.07 Å². The van der Waals surface area contributed by atoms with Crippen molar-refractivity contribution in [2.75, 3.05) is 7.11 Å². The van der Waals surface area contributed by atoms with E-state index >= 15 is 0 Å². The van der Waals surface area contributed by atoms with Gasteiger partial charge in [0.2, 0.25) is 0 Å². The lowest BCUT2D eigenvalue weighted by atomic mass is 10.0. The minimum Gasteiger partial charge on any atom is -0.507 e. The van der Waals surface area contributed by atoms with Crippen molar-refractivity contribution in [1.29, 1.82) is 0 Å². The van der Waals surface area contributed by atoms with E-state index in [0.717, 1.165) is 25.7 Å². The summed E-state index contributed by atoms with van der Waals surface area (Å²) >= 11 is 5.86. The molecular formula is C14H19ClO4. The molecule has 4 nitrogen and oxygen atoms in total. The predicted molar refractivity (Wildman–Crippen MR) is 74.4 cm³/mol. The molecule has 0 saturated carbocycles. The van der Waals surface area contributed by atoms with E-state index in [2.05, 4.69) is 6.92 Å². The van der Waals surface area contributed by atoms with Crippen molar-refractivity contribution in [2.24, 2.45) is 0 Å². The standard InChI is InChI=1S/C14H19ClO4/c1-3-4-5-6-7-9(16)12-10(17)8-11(19-2)13(15)14(12)18/h8,17-18H,3-7H2,1-2H3. The average Bonchev–Trinajstić information content (AvgIpc) is 2.39. The molecule has 0 unspecified atom stereocenters. The minimum atomic E-state index is -0.418. The average molecular weight is 287 g/mol. The molecule has 5 heteroatoms. The van der Waals surface area contributed by atoms with Gasteiger partial charge in [0.15, 0.2) is 11.5 Å². The van der Waals surface area contributed by atoms with Crippen LogP contribution in [-0.4, -0.2) is 23.1 Å². The summed E-state index contributed by atoms with van der Waals surface area (Å²) in [5.41, 5.74) is -0.123. The van der Waals surface area contributed by atoms with Crippen LogP contribution >= 0.6 is 11.6 Å². The van der Waals surface area contributed by atoms with Gasteiger partial charge in [0.25, 0.3) is 0 Å². The third-order valence-corrected chi connectivity index (χ3v) is 3.31. The summed E-state index contributed by atoms with van der Waals surface area (Å²) in [7, 11) is 1.37. The van der Waals surface area contributed by atoms with Crippen molar-refractivity contribution in [3.05, 3.63) is 16.7 Å². The Hall–Kier alpha value is -1.42. The maximum absolute atomic E-state index is 12.0. The first-order valence-electron chi connectivity index (χ1n) is 6.34. The number of rotatable bonds is 7. The molecule has 0 aliphatic rings. The molecule has 0 aliphatic heterocycles. The number of ether oxygens (including phenoxy) is 1. The maximum Gasteiger partial charge on any atom is 0.170 e. The highest BCUT2D eigenvalue weighted by Gasteiger charge is 2.21. The largest absolute Gasteiger partial charge is 0.507 e. The summed E-state index contributed by atoms with van der Waals surface area (Å²) in [6.45, 7) is 2.09. The van der Waals surface area contributed by atoms with Crippen LogP contribution in [0.4, 0.5) is 0 Å². The molecule has 0 aromatic heterocycles. The molecule has 0 saturated heterocycles. The first-order chi connectivity index (χ1) is 9.02. The Labute approximate surface area is 118 Å². The molecule has 1 aromatic carbocycles. The van der Waals surface area contributed by atoms with Gasteiger partial charge in [-0.15, -0.1) is 0 Å². The number of hydrogen-bond donors (Lipinski definition) is 2. The number of phenols is 2. The molecule has 2 N–H and O–H groups in total. The Morgan fingerprint density at radius 2 is 2.00 bits per heavy atom. The molecule has 0 fully saturated rings. The fraction of sp³-hybridized carbons (Fsp3) is 0.500. The maximum atomic E-state index is 12.0. The van der Waals surface area contributed by atoms with Crippen LogP contribution in [0.1, 0.15) is 49.4 Å². The van der Waals surface area contributed by atoms with Crippen LogP contribution in [0, 0.1) is 0 Å². The molecule has 1 aromatic rings. The molecule has 0 radical (unpaired) electrons. The first-order valence-corrected chi connectivity index (χ1v) is 6.72. The van der Waals surface area contributed by atoms with E-state index in [1.54, 1.807) is 0 Å². The fourth-order valence-corrected chi connectivity index (χ4v) is 2.09. The number of Topliss-reactive ketones (excluding diaryl/α,β-unsaturated/α-hetero) is 1. The second-order valence-corrected chi connectivity index (χ2v) is 4.75. The van der Waals surface area contributed by atoms with Gasteiger partial charge in [0.1, 0.15) is 22.1 Å². The van der Waals surface area contributed by atoms with Crippen LogP contribution < -0.4 is 4.74 Å². The van der Waals surface area contributed by atoms with Crippen molar-refractivity contribution in [1.82, 2.24) is 0 Å². The van der Waals surface area contributed by atoms with E-state index in [1.807, 2.05) is 0 Å². The summed E-state index contributed by atoms with van der Waals surface area (Å²) in [5, 5.41) is 19.6. The molecule has 0 amide bonds. The lowest BCUT2D eigenvalue weighted by Crippen LogP contribution is -2.01. The topological polar surface area (TPSA) is 66.8 Å². The fourth-order valence-electron chi connectivity index (χ4n) is 1.87. The molecule has 106 valence electrons. The van der Waals surface area contributed by atoms with Gasteiger partial charge in [-0.1, -0.05) is 37.8 Å². The third kappa shape index (κ3) is 3.77. The Morgan fingerprint density at radius 1 is 1.32 bits per heavy atom. The highest BCUT2D eigenvalue weighted by molar-refractivity contribution is 6.34. The molecule has 0 aliphatic carbocycles. The Kier molecular flexibility index (Phi) is 5.96. The van der Waals surface area contributed by atoms with Gasteiger partial charge in [-0.3, -0.25) is 4.79 Å². The number of benzene rings is 1. The molecule has 0 atom stereocenters. The molecule has 19 heavy (non-hydrogen) atoms. The first kappa shape index (κ1) is 15.6. The number of phenolic OH excluding ortho intramolecular Hbond substituents is 2. The zero-order valence-corrected chi connectivity index (χ0v) is 12.0. The third-order valence-electron chi connectivity index (χ3n) is 2.94. The minimum absolute atomic E-state index is 0.0581. The van der Waals surface area contributed by atoms with Gasteiger partial charge in [-0.2, -0.15) is 0 Å². The summed E-state index contributed by atoms with van der Waals surface area (Å²) < 4.78 is 4.89. The van der Waals surface area contributed by atoms with Crippen molar-refractivity contribution >= 4 is 17.4 Å². The summed E-state index contributed by atoms with van der Waals surface area (Å²) in [6.07, 6.45) is 4.11. The van der Waals surface area contributed by atoms with Crippen molar-refractivity contribution in [3.63, 3.8) is 0 Å². The van der Waals surface area contributed by atoms with Gasteiger partial charge < -0.3 is 14.9 Å². The second kappa shape index (κ2) is 7.24. The molecule has 0 spiro atoms. The van der Waals surface area contributed by atoms with Crippen LogP contribution in [0.5, 0.6) is 17.2 Å². The van der Waals surface area contributed by atoms with Crippen molar-refractivity contribution in [3.8, 4) is 17.2 Å². The van der Waals surface area contributed by atoms with Gasteiger partial charge in [0.05, 0.1) is 7.11 Å². The second-order valence-electron chi connectivity index (χ2n) is 4.37. The van der Waals surface area contributed by atoms with Gasteiger partial charge in [-0.05, 0) is 6.42 Å². The van der Waals surface area contributed by atoms with Gasteiger partial charge in [-0.25, -0.2) is 0 Å². The Morgan fingerprint density at radius 3 is 2.58 bits per heavy atom. The van der Waals surface area contributed by atoms with Crippen molar-refractivity contribution in [2.45, 2.75) is 39.0 Å². The summed E-state index contributed by atoms with van der Waals surface area (Å²) in [5.74, 6) is -0.895. The van der Waals surface area contributed by atoms with E-state index < -0.39 is 5.75 Å². The lowest BCUT2D eigenvalue weighted by molar-refractivity contribution is 0.0973. The number of aromatic hydroxyl groups is 2. The molecule has 0 bridgehead atoms. The van der Waals surface area contributed by atoms with E-state index in [1.165, 1.54) is 13.2 Å². The monoisotopic (exact) mass is 286 g/mol. The number of unbranched alkanes of at least 4 members (excludes halogenated alkanes) is 3. The molecule has 1 rings (SSSR count). The Bertz CT molecular complexity index is 457. The normalized spacial score (nSPS) is 10.5. The Balaban J connectivity index is 2.88. The van der Waals surface area contributed by atoms with Crippen LogP contribution in [0.3, 0.4) is 0 Å². The lowest BCUT2D eigenvalue weighted by Gasteiger charge is -2.11. The number of ketones is 1. The number of carbonyl (C=O) groups excluding carboxylic acids is 1. The number of methoxy groups -OCH3 is 1. The summed E-state index contributed by atoms with van der Waals surface area (Å²) in [6, 6.07) is 1.24. The zero-order chi connectivity index (χ0) is 14.4. The highest BCUT2D eigenvalue weighted by atomic mass is 35.5. The van der Waals surface area contributed by atoms with Crippen LogP contribution in [0.25, 0.3) is 0 Å². The smallest absolute Gasteiger partial charge is 0.170 e. The molecule has 0 heterocycles. The van der Waals surface area contributed by atoms with Crippen LogP contribution in [-0.2, 0) is 0 Å². The highest BCUT2D eigenvalue weighted by Crippen LogP contribution is 2.42. The van der Waals surface area contributed by atoms with Crippen LogP contribution in [0.2, 0.25) is 5.02 Å². The number of hydrogen-bond acceptors (Lipinski definition) is 4. The SMILES string of the molecule is CCCCCCC(=O)c1c(O)cc(OC)c(Cl)c1O. The zero-order valence-electron chi connectivity index (χ0n) is 11.2. The predicted octanol–water partition coefficient (Wildman–Crippen LogP) is 3.91. The van der Waals surface area contributed by atoms with Gasteiger partial charge >= 0.3 is 0 Å². The molecular weight excluding hydrogens is 268 g/mol. The summed E-state index contributed by atoms with van der Waals surface area (Å²) in [4.78, 5) is 12.0. The quantitative estimate of drug-likeness (QED) is 0.589. The number of halogens is 1. The van der Waals surface area contributed by atoms with E-state index in [4.69, 9.17) is 16.3 Å². The van der Waals surface area contributed by atoms with E-state index in [-0.39, 0.29) is 34.3 Å². The number of carbonyl (C=O) groups is 1. The van der Waals surface area contributed by atoms with Crippen molar-refractivity contribution < 1.29 is 19.7 Å².